The Bertz CT molecular complexity index is 1580. The van der Waals surface area contributed by atoms with Crippen molar-refractivity contribution in [2.45, 2.75) is 20.4 Å². The van der Waals surface area contributed by atoms with Gasteiger partial charge >= 0.3 is 0 Å². The molecule has 0 aliphatic rings. The van der Waals surface area contributed by atoms with Crippen molar-refractivity contribution in [3.8, 4) is 5.69 Å². The summed E-state index contributed by atoms with van der Waals surface area (Å²) in [5.74, 6) is -0.747. The largest absolute Gasteiger partial charge is 0.318 e. The van der Waals surface area contributed by atoms with E-state index in [-0.39, 0.29) is 12.4 Å². The van der Waals surface area contributed by atoms with E-state index in [1.807, 2.05) is 24.5 Å². The van der Waals surface area contributed by atoms with E-state index < -0.39 is 15.9 Å². The van der Waals surface area contributed by atoms with E-state index in [1.165, 1.54) is 16.4 Å². The minimum atomic E-state index is -3.58. The highest BCUT2D eigenvalue weighted by Gasteiger charge is 2.18. The number of nitrogens with zero attached hydrogens (tertiary/aromatic N) is 3. The van der Waals surface area contributed by atoms with Crippen LogP contribution < -0.4 is 9.73 Å². The lowest BCUT2D eigenvalue weighted by molar-refractivity contribution is 0.0955. The number of carbonyl (C=O) groups is 1. The Morgan fingerprint density at radius 1 is 1.03 bits per heavy atom. The highest BCUT2D eigenvalue weighted by atomic mass is 35.5. The molecular formula is C28H26ClFN4O3S. The Hall–Kier alpha value is -3.95. The number of anilines is 1. The van der Waals surface area contributed by atoms with Crippen LogP contribution in [0.2, 0.25) is 5.02 Å². The number of halogens is 2. The van der Waals surface area contributed by atoms with Crippen molar-refractivity contribution in [3.63, 3.8) is 0 Å². The third-order valence-corrected chi connectivity index (χ3v) is 7.37. The van der Waals surface area contributed by atoms with E-state index >= 15 is 0 Å². The molecule has 1 aromatic heterocycles. The summed E-state index contributed by atoms with van der Waals surface area (Å²) in [5.41, 5.74) is 7.47. The van der Waals surface area contributed by atoms with Gasteiger partial charge in [0, 0.05) is 33.2 Å². The van der Waals surface area contributed by atoms with Gasteiger partial charge in [-0.2, -0.15) is 5.10 Å². The van der Waals surface area contributed by atoms with Gasteiger partial charge < -0.3 is 4.57 Å². The first kappa shape index (κ1) is 27.1. The van der Waals surface area contributed by atoms with Crippen LogP contribution in [-0.4, -0.2) is 31.4 Å². The molecule has 1 heterocycles. The highest BCUT2D eigenvalue weighted by molar-refractivity contribution is 7.92. The van der Waals surface area contributed by atoms with Gasteiger partial charge in [0.1, 0.15) is 5.82 Å². The number of aryl methyl sites for hydroxylation is 1. The SMILES string of the molecule is Cc1cc(/C=N/NC(=O)c2ccc(N(Cc3ccc(Cl)cc3)S(C)(=O)=O)cc2)c(C)n1-c1ccc(F)cc1. The smallest absolute Gasteiger partial charge is 0.271 e. The third-order valence-electron chi connectivity index (χ3n) is 5.98. The van der Waals surface area contributed by atoms with Crippen molar-refractivity contribution in [2.24, 2.45) is 5.10 Å². The van der Waals surface area contributed by atoms with Gasteiger partial charge in [-0.05, 0) is 86.1 Å². The van der Waals surface area contributed by atoms with E-state index in [4.69, 9.17) is 11.6 Å². The molecule has 4 rings (SSSR count). The Labute approximate surface area is 226 Å². The molecule has 7 nitrogen and oxygen atoms in total. The van der Waals surface area contributed by atoms with Gasteiger partial charge in [0.05, 0.1) is 24.7 Å². The number of nitrogens with one attached hydrogen (secondary N) is 1. The van der Waals surface area contributed by atoms with Crippen LogP contribution in [0.1, 0.15) is 32.9 Å². The molecule has 1 amide bonds. The Balaban J connectivity index is 1.46. The molecule has 0 aliphatic heterocycles. The summed E-state index contributed by atoms with van der Waals surface area (Å²) < 4.78 is 41.4. The van der Waals surface area contributed by atoms with Crippen LogP contribution in [0.5, 0.6) is 0 Å². The average Bonchev–Trinajstić information content (AvgIpc) is 3.16. The first-order valence-corrected chi connectivity index (χ1v) is 13.9. The fraction of sp³-hybridized carbons (Fsp3) is 0.143. The summed E-state index contributed by atoms with van der Waals surface area (Å²) in [6.07, 6.45) is 2.68. The van der Waals surface area contributed by atoms with Crippen molar-refractivity contribution in [1.29, 1.82) is 0 Å². The molecule has 0 aliphatic carbocycles. The third kappa shape index (κ3) is 6.30. The number of amides is 1. The minimum Gasteiger partial charge on any atom is -0.318 e. The zero-order valence-electron chi connectivity index (χ0n) is 21.0. The molecule has 0 bridgehead atoms. The topological polar surface area (TPSA) is 83.8 Å². The highest BCUT2D eigenvalue weighted by Crippen LogP contribution is 2.23. The molecule has 0 saturated heterocycles. The van der Waals surface area contributed by atoms with Gasteiger partial charge in [0.15, 0.2) is 0 Å². The van der Waals surface area contributed by atoms with E-state index in [2.05, 4.69) is 10.5 Å². The summed E-state index contributed by atoms with van der Waals surface area (Å²) in [7, 11) is -3.58. The Kier molecular flexibility index (Phi) is 7.99. The van der Waals surface area contributed by atoms with Crippen LogP contribution in [0.3, 0.4) is 0 Å². The molecule has 10 heteroatoms. The van der Waals surface area contributed by atoms with Crippen molar-refractivity contribution in [2.75, 3.05) is 10.6 Å². The van der Waals surface area contributed by atoms with Crippen LogP contribution in [0.15, 0.2) is 84.0 Å². The predicted octanol–water partition coefficient (Wildman–Crippen LogP) is 5.62. The number of hydrazone groups is 1. The second-order valence-electron chi connectivity index (χ2n) is 8.78. The maximum absolute atomic E-state index is 13.3. The number of hydrogen-bond acceptors (Lipinski definition) is 4. The second-order valence-corrected chi connectivity index (χ2v) is 11.1. The first-order chi connectivity index (χ1) is 18.0. The molecule has 0 spiro atoms. The monoisotopic (exact) mass is 552 g/mol. The van der Waals surface area contributed by atoms with Gasteiger partial charge in [0.2, 0.25) is 10.0 Å². The number of rotatable bonds is 8. The number of aromatic nitrogens is 1. The molecule has 0 fully saturated rings. The first-order valence-electron chi connectivity index (χ1n) is 11.6. The molecule has 0 radical (unpaired) electrons. The molecule has 1 N–H and O–H groups in total. The fourth-order valence-electron chi connectivity index (χ4n) is 4.07. The van der Waals surface area contributed by atoms with Crippen LogP contribution >= 0.6 is 11.6 Å². The molecule has 3 aromatic carbocycles. The van der Waals surface area contributed by atoms with Crippen molar-refractivity contribution in [3.05, 3.63) is 118 Å². The molecule has 0 atom stereocenters. The van der Waals surface area contributed by atoms with Crippen molar-refractivity contribution >= 4 is 39.4 Å². The van der Waals surface area contributed by atoms with Gasteiger partial charge in [0.25, 0.3) is 5.91 Å². The molecule has 4 aromatic rings. The zero-order valence-corrected chi connectivity index (χ0v) is 22.6. The minimum absolute atomic E-state index is 0.127. The van der Waals surface area contributed by atoms with E-state index in [0.29, 0.717) is 16.3 Å². The summed E-state index contributed by atoms with van der Waals surface area (Å²) >= 11 is 5.93. The molecule has 196 valence electrons. The molecule has 0 unspecified atom stereocenters. The summed E-state index contributed by atoms with van der Waals surface area (Å²) in [6.45, 7) is 3.97. The standard InChI is InChI=1S/C28H26ClFN4O3S/c1-19-16-23(20(2)34(19)27-14-10-25(30)11-15-27)17-31-32-28(35)22-6-12-26(13-7-22)33(38(3,36)37)18-21-4-8-24(29)9-5-21/h4-17H,18H2,1-3H3,(H,32,35)/b31-17+. The van der Waals surface area contributed by atoms with E-state index in [1.54, 1.807) is 66.9 Å². The summed E-state index contributed by atoms with van der Waals surface area (Å²) in [4.78, 5) is 12.6. The summed E-state index contributed by atoms with van der Waals surface area (Å²) in [5, 5.41) is 4.65. The molecule has 38 heavy (non-hydrogen) atoms. The van der Waals surface area contributed by atoms with Crippen LogP contribution in [0, 0.1) is 19.7 Å². The lowest BCUT2D eigenvalue weighted by Gasteiger charge is -2.22. The van der Waals surface area contributed by atoms with Gasteiger partial charge in [-0.3, -0.25) is 9.10 Å². The Morgan fingerprint density at radius 2 is 1.66 bits per heavy atom. The zero-order chi connectivity index (χ0) is 27.4. The van der Waals surface area contributed by atoms with Crippen LogP contribution in [0.4, 0.5) is 10.1 Å². The number of hydrogen-bond donors (Lipinski definition) is 1. The average molecular weight is 553 g/mol. The number of sulfonamides is 1. The summed E-state index contributed by atoms with van der Waals surface area (Å²) in [6, 6.07) is 21.3. The second kappa shape index (κ2) is 11.2. The van der Waals surface area contributed by atoms with Crippen molar-refractivity contribution in [1.82, 2.24) is 9.99 Å². The Morgan fingerprint density at radius 3 is 2.26 bits per heavy atom. The number of carbonyl (C=O) groups excluding carboxylic acids is 1. The number of benzene rings is 3. The van der Waals surface area contributed by atoms with Gasteiger partial charge in [-0.25, -0.2) is 18.2 Å². The quantitative estimate of drug-likeness (QED) is 0.227. The predicted molar refractivity (Wildman–Crippen MR) is 149 cm³/mol. The lowest BCUT2D eigenvalue weighted by atomic mass is 10.2. The maximum Gasteiger partial charge on any atom is 0.271 e. The van der Waals surface area contributed by atoms with Crippen molar-refractivity contribution < 1.29 is 17.6 Å². The van der Waals surface area contributed by atoms with E-state index in [9.17, 15) is 17.6 Å². The molecular weight excluding hydrogens is 527 g/mol. The van der Waals surface area contributed by atoms with Gasteiger partial charge in [-0.1, -0.05) is 23.7 Å². The fourth-order valence-corrected chi connectivity index (χ4v) is 5.08. The van der Waals surface area contributed by atoms with E-state index in [0.717, 1.165) is 34.5 Å². The lowest BCUT2D eigenvalue weighted by Crippen LogP contribution is -2.29. The normalized spacial score (nSPS) is 11.6. The van der Waals surface area contributed by atoms with Crippen LogP contribution in [-0.2, 0) is 16.6 Å². The van der Waals surface area contributed by atoms with Gasteiger partial charge in [-0.15, -0.1) is 0 Å². The maximum atomic E-state index is 13.3. The molecule has 0 saturated carbocycles. The van der Waals surface area contributed by atoms with Crippen LogP contribution in [0.25, 0.3) is 5.69 Å².